The molecule has 3 heterocycles. The number of anilines is 1. The Morgan fingerprint density at radius 3 is 2.62 bits per heavy atom. The summed E-state index contributed by atoms with van der Waals surface area (Å²) in [7, 11) is 0. The topological polar surface area (TPSA) is 72.3 Å². The number of nitrogens with zero attached hydrogens (tertiary/aromatic N) is 4. The van der Waals surface area contributed by atoms with Crippen molar-refractivity contribution < 1.29 is 18.3 Å². The number of halogens is 2. The van der Waals surface area contributed by atoms with Gasteiger partial charge in [-0.15, -0.1) is 0 Å². The number of nitrogens with one attached hydrogen (secondary N) is 1. The van der Waals surface area contributed by atoms with E-state index in [9.17, 15) is 13.6 Å². The third kappa shape index (κ3) is 6.08. The van der Waals surface area contributed by atoms with Crippen LogP contribution in [0.15, 0.2) is 54.7 Å². The van der Waals surface area contributed by atoms with Crippen molar-refractivity contribution in [2.45, 2.75) is 59.2 Å². The van der Waals surface area contributed by atoms with Crippen LogP contribution < -0.4 is 5.32 Å². The van der Waals surface area contributed by atoms with Gasteiger partial charge in [0.1, 0.15) is 11.2 Å². The molecule has 210 valence electrons. The standard InChI is InChI=1S/C31H35F2N5O2/c1-20-24-17-35-29(34-16-21-12-13-25(32)26(33)15-21)36-28(24)38(27(20)23-10-6-5-7-11-23)19-22-9-8-14-37(18-22)30(39)40-31(2,3)4/h5-7,10-13,15,17,22H,8-9,14,16,18-19H2,1-4H3,(H,34,35,36)/t22-/m1/s1. The van der Waals surface area contributed by atoms with E-state index in [1.807, 2.05) is 50.1 Å². The molecule has 1 atom stereocenters. The summed E-state index contributed by atoms with van der Waals surface area (Å²) in [6.45, 7) is 9.93. The van der Waals surface area contributed by atoms with Crippen molar-refractivity contribution in [2.75, 3.05) is 18.4 Å². The lowest BCUT2D eigenvalue weighted by Crippen LogP contribution is -2.43. The Morgan fingerprint density at radius 2 is 1.90 bits per heavy atom. The number of ether oxygens (including phenoxy) is 1. The van der Waals surface area contributed by atoms with Gasteiger partial charge in [0, 0.05) is 37.8 Å². The fraction of sp³-hybridized carbons (Fsp3) is 0.387. The van der Waals surface area contributed by atoms with Gasteiger partial charge in [0.2, 0.25) is 5.95 Å². The van der Waals surface area contributed by atoms with Crippen molar-refractivity contribution in [1.82, 2.24) is 19.4 Å². The zero-order chi connectivity index (χ0) is 28.4. The van der Waals surface area contributed by atoms with E-state index in [1.165, 1.54) is 12.1 Å². The number of benzene rings is 2. The van der Waals surface area contributed by atoms with E-state index in [1.54, 1.807) is 0 Å². The van der Waals surface area contributed by atoms with E-state index < -0.39 is 17.2 Å². The summed E-state index contributed by atoms with van der Waals surface area (Å²) < 4.78 is 34.9. The van der Waals surface area contributed by atoms with E-state index in [2.05, 4.69) is 33.9 Å². The van der Waals surface area contributed by atoms with Crippen LogP contribution in [0.25, 0.3) is 22.3 Å². The zero-order valence-electron chi connectivity index (χ0n) is 23.4. The predicted molar refractivity (Wildman–Crippen MR) is 152 cm³/mol. The maximum absolute atomic E-state index is 13.7. The van der Waals surface area contributed by atoms with E-state index >= 15 is 0 Å². The third-order valence-electron chi connectivity index (χ3n) is 7.15. The number of hydrogen-bond acceptors (Lipinski definition) is 5. The summed E-state index contributed by atoms with van der Waals surface area (Å²) in [5.41, 5.74) is 4.05. The number of rotatable bonds is 6. The summed E-state index contributed by atoms with van der Waals surface area (Å²) in [6.07, 6.45) is 3.42. The van der Waals surface area contributed by atoms with Crippen molar-refractivity contribution >= 4 is 23.1 Å². The number of fused-ring (bicyclic) bond motifs is 1. The number of carbonyl (C=O) groups excluding carboxylic acids is 1. The van der Waals surface area contributed by atoms with Crippen molar-refractivity contribution in [2.24, 2.45) is 5.92 Å². The molecule has 4 aromatic rings. The van der Waals surface area contributed by atoms with Gasteiger partial charge in [-0.05, 0) is 75.3 Å². The minimum atomic E-state index is -0.888. The number of aryl methyl sites for hydroxylation is 1. The summed E-state index contributed by atoms with van der Waals surface area (Å²) in [5, 5.41) is 4.09. The Morgan fingerprint density at radius 1 is 1.12 bits per heavy atom. The summed E-state index contributed by atoms with van der Waals surface area (Å²) in [5.74, 6) is -1.15. The van der Waals surface area contributed by atoms with E-state index in [0.29, 0.717) is 31.1 Å². The summed E-state index contributed by atoms with van der Waals surface area (Å²) in [4.78, 5) is 24.0. The number of hydrogen-bond donors (Lipinski definition) is 1. The molecule has 40 heavy (non-hydrogen) atoms. The Labute approximate surface area is 233 Å². The Bertz CT molecular complexity index is 1510. The lowest BCUT2D eigenvalue weighted by molar-refractivity contribution is 0.0158. The Hall–Kier alpha value is -4.01. The smallest absolute Gasteiger partial charge is 0.410 e. The first-order chi connectivity index (χ1) is 19.1. The molecule has 9 heteroatoms. The van der Waals surface area contributed by atoms with Crippen molar-refractivity contribution in [3.8, 4) is 11.3 Å². The maximum Gasteiger partial charge on any atom is 0.410 e. The van der Waals surface area contributed by atoms with Gasteiger partial charge in [-0.25, -0.2) is 18.6 Å². The molecule has 0 aliphatic carbocycles. The molecule has 1 N–H and O–H groups in total. The lowest BCUT2D eigenvalue weighted by Gasteiger charge is -2.34. The van der Waals surface area contributed by atoms with Gasteiger partial charge in [-0.1, -0.05) is 36.4 Å². The molecule has 2 aromatic heterocycles. The zero-order valence-corrected chi connectivity index (χ0v) is 23.4. The molecule has 0 bridgehead atoms. The molecule has 0 unspecified atom stereocenters. The van der Waals surface area contributed by atoms with Crippen molar-refractivity contribution in [3.05, 3.63) is 77.5 Å². The quantitative estimate of drug-likeness (QED) is 0.283. The minimum absolute atomic E-state index is 0.215. The van der Waals surface area contributed by atoms with Gasteiger partial charge in [-0.3, -0.25) is 0 Å². The van der Waals surface area contributed by atoms with Gasteiger partial charge in [0.05, 0.1) is 5.69 Å². The highest BCUT2D eigenvalue weighted by molar-refractivity contribution is 5.89. The van der Waals surface area contributed by atoms with Gasteiger partial charge < -0.3 is 19.5 Å². The first-order valence-corrected chi connectivity index (χ1v) is 13.7. The Kier molecular flexibility index (Phi) is 7.74. The average Bonchev–Trinajstić information content (AvgIpc) is 3.19. The second-order valence-corrected chi connectivity index (χ2v) is 11.4. The van der Waals surface area contributed by atoms with Crippen LogP contribution in [0, 0.1) is 24.5 Å². The van der Waals surface area contributed by atoms with Crippen molar-refractivity contribution in [3.63, 3.8) is 0 Å². The SMILES string of the molecule is Cc1c(-c2ccccc2)n(C[C@@H]2CCCN(C(=O)OC(C)(C)C)C2)c2nc(NCc3ccc(F)c(F)c3)ncc12. The average molecular weight is 548 g/mol. The number of carbonyl (C=O) groups is 1. The monoisotopic (exact) mass is 547 g/mol. The molecule has 1 saturated heterocycles. The van der Waals surface area contributed by atoms with E-state index in [4.69, 9.17) is 9.72 Å². The highest BCUT2D eigenvalue weighted by Gasteiger charge is 2.29. The molecule has 1 amide bonds. The molecule has 0 saturated carbocycles. The third-order valence-corrected chi connectivity index (χ3v) is 7.15. The first-order valence-electron chi connectivity index (χ1n) is 13.7. The van der Waals surface area contributed by atoms with Crippen LogP contribution in [0.1, 0.15) is 44.7 Å². The predicted octanol–water partition coefficient (Wildman–Crippen LogP) is 6.94. The molecule has 7 nitrogen and oxygen atoms in total. The molecule has 0 spiro atoms. The second kappa shape index (κ2) is 11.2. The fourth-order valence-corrected chi connectivity index (χ4v) is 5.31. The fourth-order valence-electron chi connectivity index (χ4n) is 5.31. The van der Waals surface area contributed by atoms with Gasteiger partial charge in [0.25, 0.3) is 0 Å². The molecule has 0 radical (unpaired) electrons. The molecule has 5 rings (SSSR count). The highest BCUT2D eigenvalue weighted by atomic mass is 19.2. The lowest BCUT2D eigenvalue weighted by atomic mass is 9.98. The number of piperidine rings is 1. The van der Waals surface area contributed by atoms with E-state index in [0.717, 1.165) is 46.8 Å². The normalized spacial score (nSPS) is 15.8. The molecule has 1 fully saturated rings. The first kappa shape index (κ1) is 27.6. The number of likely N-dealkylation sites (tertiary alicyclic amines) is 1. The molecule has 1 aliphatic heterocycles. The van der Waals surface area contributed by atoms with Gasteiger partial charge in [0.15, 0.2) is 11.6 Å². The van der Waals surface area contributed by atoms with Crippen LogP contribution >= 0.6 is 0 Å². The van der Waals surface area contributed by atoms with Crippen LogP contribution in [0.2, 0.25) is 0 Å². The van der Waals surface area contributed by atoms with Crippen LogP contribution in [0.5, 0.6) is 0 Å². The van der Waals surface area contributed by atoms with Crippen LogP contribution in [-0.4, -0.2) is 44.2 Å². The largest absolute Gasteiger partial charge is 0.444 e. The second-order valence-electron chi connectivity index (χ2n) is 11.4. The van der Waals surface area contributed by atoms with Crippen LogP contribution in [-0.2, 0) is 17.8 Å². The molecule has 2 aromatic carbocycles. The maximum atomic E-state index is 13.7. The summed E-state index contributed by atoms with van der Waals surface area (Å²) >= 11 is 0. The van der Waals surface area contributed by atoms with Crippen LogP contribution in [0.4, 0.5) is 19.5 Å². The van der Waals surface area contributed by atoms with Gasteiger partial charge >= 0.3 is 6.09 Å². The molecule has 1 aliphatic rings. The van der Waals surface area contributed by atoms with E-state index in [-0.39, 0.29) is 18.6 Å². The molecular weight excluding hydrogens is 512 g/mol. The summed E-state index contributed by atoms with van der Waals surface area (Å²) in [6, 6.07) is 14.0. The van der Waals surface area contributed by atoms with Gasteiger partial charge in [-0.2, -0.15) is 4.98 Å². The Balaban J connectivity index is 1.46. The minimum Gasteiger partial charge on any atom is -0.444 e. The molecular formula is C31H35F2N5O2. The number of aromatic nitrogens is 3. The number of amides is 1. The van der Waals surface area contributed by atoms with Crippen molar-refractivity contribution in [1.29, 1.82) is 0 Å². The van der Waals surface area contributed by atoms with Crippen LogP contribution in [0.3, 0.4) is 0 Å². The highest BCUT2D eigenvalue weighted by Crippen LogP contribution is 2.34.